The number of fused-ring (bicyclic) bond motifs is 1. The standard InChI is InChI=1S/C17H25N5O4/c1-17(2,3)26-14(24)7-6-8-20(4)13(23)10-22-11-18-15-12(16(22)25)9-19-21(15)5/h9,11H,6-8,10H2,1-5H3. The molecule has 0 unspecified atom stereocenters. The SMILES string of the molecule is CN(CCCC(=O)OC(C)(C)C)C(=O)Cn1cnc2c(cnn2C)c1=O. The number of rotatable bonds is 6. The van der Waals surface area contributed by atoms with E-state index >= 15 is 0 Å². The van der Waals surface area contributed by atoms with Crippen molar-refractivity contribution in [3.63, 3.8) is 0 Å². The highest BCUT2D eigenvalue weighted by molar-refractivity contribution is 5.77. The molecule has 0 aliphatic heterocycles. The van der Waals surface area contributed by atoms with Crippen LogP contribution in [0.15, 0.2) is 17.3 Å². The summed E-state index contributed by atoms with van der Waals surface area (Å²) in [7, 11) is 3.33. The van der Waals surface area contributed by atoms with E-state index in [2.05, 4.69) is 10.1 Å². The molecule has 9 heteroatoms. The first kappa shape index (κ1) is 19.6. The highest BCUT2D eigenvalue weighted by Crippen LogP contribution is 2.09. The molecule has 0 bridgehead atoms. The van der Waals surface area contributed by atoms with Crippen molar-refractivity contribution in [2.75, 3.05) is 13.6 Å². The zero-order valence-electron chi connectivity index (χ0n) is 15.9. The van der Waals surface area contributed by atoms with Crippen LogP contribution in [0.25, 0.3) is 11.0 Å². The topological polar surface area (TPSA) is 99.3 Å². The molecular weight excluding hydrogens is 338 g/mol. The number of aryl methyl sites for hydroxylation is 1. The summed E-state index contributed by atoms with van der Waals surface area (Å²) < 4.78 is 8.00. The number of carbonyl (C=O) groups excluding carboxylic acids is 2. The van der Waals surface area contributed by atoms with Crippen molar-refractivity contribution in [1.82, 2.24) is 24.2 Å². The maximum atomic E-state index is 12.4. The molecule has 0 aliphatic rings. The number of hydrogen-bond donors (Lipinski definition) is 0. The Morgan fingerprint density at radius 3 is 2.65 bits per heavy atom. The van der Waals surface area contributed by atoms with Crippen LogP contribution in [-0.4, -0.2) is 55.3 Å². The quantitative estimate of drug-likeness (QED) is 0.701. The number of aromatic nitrogens is 4. The summed E-state index contributed by atoms with van der Waals surface area (Å²) in [4.78, 5) is 42.0. The van der Waals surface area contributed by atoms with Gasteiger partial charge in [0.15, 0.2) is 5.65 Å². The molecule has 0 fully saturated rings. The predicted molar refractivity (Wildman–Crippen MR) is 95.5 cm³/mol. The van der Waals surface area contributed by atoms with Crippen molar-refractivity contribution in [1.29, 1.82) is 0 Å². The zero-order valence-corrected chi connectivity index (χ0v) is 15.9. The van der Waals surface area contributed by atoms with Gasteiger partial charge in [0, 0.05) is 27.1 Å². The number of nitrogens with zero attached hydrogens (tertiary/aromatic N) is 5. The Kier molecular flexibility index (Phi) is 5.79. The average Bonchev–Trinajstić information content (AvgIpc) is 2.90. The molecule has 0 spiro atoms. The Morgan fingerprint density at radius 2 is 2.00 bits per heavy atom. The number of carbonyl (C=O) groups is 2. The minimum atomic E-state index is -0.516. The smallest absolute Gasteiger partial charge is 0.306 e. The van der Waals surface area contributed by atoms with E-state index in [1.165, 1.54) is 26.7 Å². The van der Waals surface area contributed by atoms with Crippen molar-refractivity contribution < 1.29 is 14.3 Å². The summed E-state index contributed by atoms with van der Waals surface area (Å²) >= 11 is 0. The van der Waals surface area contributed by atoms with Crippen molar-refractivity contribution in [3.05, 3.63) is 22.9 Å². The number of likely N-dealkylation sites (N-methyl/N-ethyl adjacent to an activating group) is 1. The molecule has 1 amide bonds. The van der Waals surface area contributed by atoms with Crippen LogP contribution >= 0.6 is 0 Å². The fourth-order valence-corrected chi connectivity index (χ4v) is 2.42. The largest absolute Gasteiger partial charge is 0.460 e. The minimum absolute atomic E-state index is 0.112. The Labute approximate surface area is 151 Å². The summed E-state index contributed by atoms with van der Waals surface area (Å²) in [6.45, 7) is 5.72. The second kappa shape index (κ2) is 7.67. The maximum Gasteiger partial charge on any atom is 0.306 e. The first-order chi connectivity index (χ1) is 12.1. The lowest BCUT2D eigenvalue weighted by Crippen LogP contribution is -2.35. The van der Waals surface area contributed by atoms with Gasteiger partial charge >= 0.3 is 5.97 Å². The Hall–Kier alpha value is -2.71. The van der Waals surface area contributed by atoms with Crippen LogP contribution in [0.2, 0.25) is 0 Å². The van der Waals surface area contributed by atoms with E-state index < -0.39 is 5.60 Å². The summed E-state index contributed by atoms with van der Waals surface area (Å²) in [6.07, 6.45) is 3.51. The molecular formula is C17H25N5O4. The number of amides is 1. The second-order valence-corrected chi connectivity index (χ2v) is 7.19. The first-order valence-electron chi connectivity index (χ1n) is 8.41. The fourth-order valence-electron chi connectivity index (χ4n) is 2.42. The van der Waals surface area contributed by atoms with Gasteiger partial charge in [0.25, 0.3) is 5.56 Å². The van der Waals surface area contributed by atoms with Crippen LogP contribution in [0, 0.1) is 0 Å². The third-order valence-corrected chi connectivity index (χ3v) is 3.74. The van der Waals surface area contributed by atoms with Crippen LogP contribution in [-0.2, 0) is 27.9 Å². The van der Waals surface area contributed by atoms with Crippen LogP contribution in [0.4, 0.5) is 0 Å². The van der Waals surface area contributed by atoms with E-state index in [1.807, 2.05) is 20.8 Å². The average molecular weight is 363 g/mol. The monoisotopic (exact) mass is 363 g/mol. The molecule has 0 aliphatic carbocycles. The van der Waals surface area contributed by atoms with Gasteiger partial charge in [-0.25, -0.2) is 4.98 Å². The number of esters is 1. The molecule has 0 saturated heterocycles. The van der Waals surface area contributed by atoms with E-state index in [0.29, 0.717) is 24.0 Å². The van der Waals surface area contributed by atoms with E-state index in [-0.39, 0.29) is 30.4 Å². The van der Waals surface area contributed by atoms with Gasteiger partial charge in [-0.3, -0.25) is 23.6 Å². The molecule has 2 aromatic rings. The molecule has 2 rings (SSSR count). The van der Waals surface area contributed by atoms with Gasteiger partial charge in [0.2, 0.25) is 5.91 Å². The molecule has 0 radical (unpaired) electrons. The van der Waals surface area contributed by atoms with Crippen LogP contribution in [0.1, 0.15) is 33.6 Å². The molecule has 0 saturated carbocycles. The second-order valence-electron chi connectivity index (χ2n) is 7.19. The first-order valence-corrected chi connectivity index (χ1v) is 8.41. The van der Waals surface area contributed by atoms with E-state index in [1.54, 1.807) is 14.1 Å². The van der Waals surface area contributed by atoms with Crippen molar-refractivity contribution in [3.8, 4) is 0 Å². The molecule has 0 aromatic carbocycles. The van der Waals surface area contributed by atoms with Gasteiger partial charge in [-0.15, -0.1) is 0 Å². The highest BCUT2D eigenvalue weighted by atomic mass is 16.6. The summed E-state index contributed by atoms with van der Waals surface area (Å²) in [5.41, 5.74) is -0.346. The lowest BCUT2D eigenvalue weighted by molar-refractivity contribution is -0.155. The van der Waals surface area contributed by atoms with Crippen molar-refractivity contribution in [2.24, 2.45) is 7.05 Å². The summed E-state index contributed by atoms with van der Waals surface area (Å²) in [5.74, 6) is -0.526. The van der Waals surface area contributed by atoms with Gasteiger partial charge in [0.05, 0.1) is 6.20 Å². The minimum Gasteiger partial charge on any atom is -0.460 e. The maximum absolute atomic E-state index is 12.4. The van der Waals surface area contributed by atoms with E-state index in [4.69, 9.17) is 4.74 Å². The Bertz CT molecular complexity index is 862. The number of hydrogen-bond acceptors (Lipinski definition) is 6. The van der Waals surface area contributed by atoms with Gasteiger partial charge in [-0.1, -0.05) is 0 Å². The molecule has 142 valence electrons. The van der Waals surface area contributed by atoms with Gasteiger partial charge in [-0.05, 0) is 27.2 Å². The molecule has 26 heavy (non-hydrogen) atoms. The van der Waals surface area contributed by atoms with Gasteiger partial charge < -0.3 is 9.64 Å². The third-order valence-electron chi connectivity index (χ3n) is 3.74. The lowest BCUT2D eigenvalue weighted by atomic mass is 10.2. The molecule has 9 nitrogen and oxygen atoms in total. The summed E-state index contributed by atoms with van der Waals surface area (Å²) in [5, 5.41) is 4.37. The molecule has 0 N–H and O–H groups in total. The Morgan fingerprint density at radius 1 is 1.31 bits per heavy atom. The van der Waals surface area contributed by atoms with E-state index in [0.717, 1.165) is 0 Å². The predicted octanol–water partition coefficient (Wildman–Crippen LogP) is 0.710. The zero-order chi connectivity index (χ0) is 19.5. The van der Waals surface area contributed by atoms with Crippen LogP contribution in [0.5, 0.6) is 0 Å². The van der Waals surface area contributed by atoms with Crippen molar-refractivity contribution in [2.45, 2.75) is 45.8 Å². The number of ether oxygens (including phenoxy) is 1. The molecule has 0 atom stereocenters. The highest BCUT2D eigenvalue weighted by Gasteiger charge is 2.17. The molecule has 2 aromatic heterocycles. The van der Waals surface area contributed by atoms with Crippen LogP contribution in [0.3, 0.4) is 0 Å². The third kappa shape index (κ3) is 4.90. The van der Waals surface area contributed by atoms with E-state index in [9.17, 15) is 14.4 Å². The molecule has 2 heterocycles. The lowest BCUT2D eigenvalue weighted by Gasteiger charge is -2.20. The normalized spacial score (nSPS) is 11.6. The van der Waals surface area contributed by atoms with Gasteiger partial charge in [0.1, 0.15) is 23.9 Å². The fraction of sp³-hybridized carbons (Fsp3) is 0.588. The van der Waals surface area contributed by atoms with Gasteiger partial charge in [-0.2, -0.15) is 5.10 Å². The van der Waals surface area contributed by atoms with Crippen LogP contribution < -0.4 is 5.56 Å². The Balaban J connectivity index is 1.90. The summed E-state index contributed by atoms with van der Waals surface area (Å²) in [6, 6.07) is 0. The van der Waals surface area contributed by atoms with Crippen molar-refractivity contribution >= 4 is 22.9 Å².